The van der Waals surface area contributed by atoms with Gasteiger partial charge in [-0.3, -0.25) is 0 Å². The molecule has 12 aromatic rings. The molecule has 0 N–H and O–H groups in total. The topological polar surface area (TPSA) is 8.17 Å². The predicted molar refractivity (Wildman–Crippen MR) is 281 cm³/mol. The van der Waals surface area contributed by atoms with Crippen LogP contribution in [0.15, 0.2) is 261 Å². The number of benzene rings is 11. The van der Waals surface area contributed by atoms with Gasteiger partial charge in [0.2, 0.25) is 0 Å². The standard InChI is InChI=1S/C65H43FN2/c66-51-33-37-53(38-34-51)67(62-25-13-15-47-14-7-8-20-55(47)62)52-35-30-45(31-36-52)44-26-28-46(29-27-44)48-32-41-64-59(42-48)57-22-10-12-24-63(57)68(64)54-39-40-61-58(43-54)56-21-9-11-23-60(56)65(61,49-16-3-1-4-17-49)50-18-5-2-6-19-50/h1-43H. The first-order valence-corrected chi connectivity index (χ1v) is 23.3. The van der Waals surface area contributed by atoms with Crippen LogP contribution in [0, 0.1) is 5.82 Å². The number of aromatic nitrogens is 1. The molecule has 0 saturated carbocycles. The number of fused-ring (bicyclic) bond motifs is 7. The first-order valence-electron chi connectivity index (χ1n) is 23.3. The van der Waals surface area contributed by atoms with Gasteiger partial charge in [0.25, 0.3) is 0 Å². The van der Waals surface area contributed by atoms with Crippen LogP contribution in [0.2, 0.25) is 0 Å². The molecule has 0 atom stereocenters. The number of halogens is 1. The zero-order valence-corrected chi connectivity index (χ0v) is 37.1. The molecule has 320 valence electrons. The van der Waals surface area contributed by atoms with E-state index >= 15 is 0 Å². The molecule has 0 fully saturated rings. The molecule has 1 aliphatic carbocycles. The Labute approximate surface area is 395 Å². The summed E-state index contributed by atoms with van der Waals surface area (Å²) in [6.45, 7) is 0. The molecule has 68 heavy (non-hydrogen) atoms. The molecule has 13 rings (SSSR count). The van der Waals surface area contributed by atoms with E-state index in [2.05, 4.69) is 246 Å². The van der Waals surface area contributed by atoms with Crippen LogP contribution >= 0.6 is 0 Å². The van der Waals surface area contributed by atoms with E-state index < -0.39 is 5.41 Å². The summed E-state index contributed by atoms with van der Waals surface area (Å²) in [6.07, 6.45) is 0. The summed E-state index contributed by atoms with van der Waals surface area (Å²) < 4.78 is 16.6. The van der Waals surface area contributed by atoms with E-state index in [1.807, 2.05) is 12.1 Å². The Kier molecular flexibility index (Phi) is 9.29. The van der Waals surface area contributed by atoms with Gasteiger partial charge in [0.1, 0.15) is 5.82 Å². The molecule has 1 aromatic heterocycles. The second-order valence-electron chi connectivity index (χ2n) is 17.8. The van der Waals surface area contributed by atoms with Crippen LogP contribution in [0.4, 0.5) is 21.5 Å². The van der Waals surface area contributed by atoms with Crippen molar-refractivity contribution in [1.82, 2.24) is 4.57 Å². The molecular weight excluding hydrogens is 828 g/mol. The van der Waals surface area contributed by atoms with Gasteiger partial charge in [-0.15, -0.1) is 0 Å². The van der Waals surface area contributed by atoms with Crippen LogP contribution in [0.25, 0.3) is 71.6 Å². The Balaban J connectivity index is 0.858. The Morgan fingerprint density at radius 3 is 1.60 bits per heavy atom. The van der Waals surface area contributed by atoms with Crippen molar-refractivity contribution >= 4 is 49.6 Å². The smallest absolute Gasteiger partial charge is 0.123 e. The second kappa shape index (κ2) is 16.0. The summed E-state index contributed by atoms with van der Waals surface area (Å²) in [7, 11) is 0. The van der Waals surface area contributed by atoms with Gasteiger partial charge in [-0.05, 0) is 134 Å². The minimum atomic E-state index is -0.438. The van der Waals surface area contributed by atoms with Crippen LogP contribution in [0.3, 0.4) is 0 Å². The van der Waals surface area contributed by atoms with E-state index in [1.165, 1.54) is 72.9 Å². The lowest BCUT2D eigenvalue weighted by Gasteiger charge is -2.33. The summed E-state index contributed by atoms with van der Waals surface area (Å²) >= 11 is 0. The molecule has 1 aliphatic rings. The zero-order valence-electron chi connectivity index (χ0n) is 37.1. The number of hydrogen-bond acceptors (Lipinski definition) is 1. The highest BCUT2D eigenvalue weighted by Gasteiger charge is 2.46. The van der Waals surface area contributed by atoms with Crippen LogP contribution in [-0.2, 0) is 5.41 Å². The largest absolute Gasteiger partial charge is 0.310 e. The number of rotatable bonds is 8. The quantitative estimate of drug-likeness (QED) is 0.148. The Bertz CT molecular complexity index is 3790. The molecule has 0 aliphatic heterocycles. The first-order chi connectivity index (χ1) is 33.6. The number of nitrogens with zero attached hydrogens (tertiary/aromatic N) is 2. The van der Waals surface area contributed by atoms with E-state index in [1.54, 1.807) is 0 Å². The van der Waals surface area contributed by atoms with Crippen molar-refractivity contribution < 1.29 is 4.39 Å². The second-order valence-corrected chi connectivity index (χ2v) is 17.8. The Morgan fingerprint density at radius 2 is 0.882 bits per heavy atom. The van der Waals surface area contributed by atoms with E-state index in [4.69, 9.17) is 0 Å². The van der Waals surface area contributed by atoms with E-state index in [0.717, 1.165) is 50.2 Å². The van der Waals surface area contributed by atoms with Crippen LogP contribution in [-0.4, -0.2) is 4.57 Å². The maximum absolute atomic E-state index is 14.1. The van der Waals surface area contributed by atoms with Gasteiger partial charge in [-0.25, -0.2) is 4.39 Å². The van der Waals surface area contributed by atoms with E-state index in [9.17, 15) is 4.39 Å². The molecule has 0 spiro atoms. The summed E-state index contributed by atoms with van der Waals surface area (Å²) in [5.74, 6) is -0.256. The minimum Gasteiger partial charge on any atom is -0.310 e. The van der Waals surface area contributed by atoms with Gasteiger partial charge in [0.15, 0.2) is 0 Å². The van der Waals surface area contributed by atoms with E-state index in [-0.39, 0.29) is 5.82 Å². The van der Waals surface area contributed by atoms with Crippen molar-refractivity contribution in [1.29, 1.82) is 0 Å². The monoisotopic (exact) mass is 870 g/mol. The molecule has 0 bridgehead atoms. The van der Waals surface area contributed by atoms with Gasteiger partial charge in [0.05, 0.1) is 22.1 Å². The molecule has 0 radical (unpaired) electrons. The molecule has 1 heterocycles. The zero-order chi connectivity index (χ0) is 45.2. The van der Waals surface area contributed by atoms with Crippen molar-refractivity contribution in [3.8, 4) is 39.1 Å². The van der Waals surface area contributed by atoms with Crippen molar-refractivity contribution in [3.63, 3.8) is 0 Å². The first kappa shape index (κ1) is 39.6. The fourth-order valence-electron chi connectivity index (χ4n) is 11.1. The van der Waals surface area contributed by atoms with Crippen LogP contribution in [0.5, 0.6) is 0 Å². The minimum absolute atomic E-state index is 0.256. The highest BCUT2D eigenvalue weighted by molar-refractivity contribution is 6.10. The third-order valence-electron chi connectivity index (χ3n) is 14.1. The highest BCUT2D eigenvalue weighted by Crippen LogP contribution is 2.56. The highest BCUT2D eigenvalue weighted by atomic mass is 19.1. The molecule has 0 amide bonds. The fraction of sp³-hybridized carbons (Fsp3) is 0.0154. The number of para-hydroxylation sites is 1. The summed E-state index contributed by atoms with van der Waals surface area (Å²) in [4.78, 5) is 2.20. The summed E-state index contributed by atoms with van der Waals surface area (Å²) in [6, 6.07) is 92.7. The predicted octanol–water partition coefficient (Wildman–Crippen LogP) is 17.2. The molecule has 2 nitrogen and oxygen atoms in total. The molecule has 0 unspecified atom stereocenters. The van der Waals surface area contributed by atoms with Gasteiger partial charge in [-0.1, -0.05) is 188 Å². The third kappa shape index (κ3) is 6.24. The normalized spacial score (nSPS) is 12.6. The van der Waals surface area contributed by atoms with Crippen molar-refractivity contribution in [2.24, 2.45) is 0 Å². The molecule has 3 heteroatoms. The maximum atomic E-state index is 14.1. The Morgan fingerprint density at radius 1 is 0.353 bits per heavy atom. The number of anilines is 3. The van der Waals surface area contributed by atoms with Gasteiger partial charge in [-0.2, -0.15) is 0 Å². The van der Waals surface area contributed by atoms with E-state index in [0.29, 0.717) is 0 Å². The summed E-state index contributed by atoms with van der Waals surface area (Å²) in [5.41, 5.74) is 18.3. The number of hydrogen-bond donors (Lipinski definition) is 0. The SMILES string of the molecule is Fc1ccc(N(c2ccc(-c3ccc(-c4ccc5c(c4)c4ccccc4n5-c4ccc5c(c4)-c4ccccc4C5(c4ccccc4)c4ccccc4)cc3)cc2)c2cccc3ccccc23)cc1. The lowest BCUT2D eigenvalue weighted by molar-refractivity contribution is 0.628. The molecule has 11 aromatic carbocycles. The van der Waals surface area contributed by atoms with Crippen molar-refractivity contribution in [2.75, 3.05) is 4.90 Å². The fourth-order valence-corrected chi connectivity index (χ4v) is 11.1. The van der Waals surface area contributed by atoms with Crippen LogP contribution in [0.1, 0.15) is 22.3 Å². The molecular formula is C65H43FN2. The lowest BCUT2D eigenvalue weighted by atomic mass is 9.68. The average Bonchev–Trinajstić information content (AvgIpc) is 3.90. The Hall–Kier alpha value is -8.79. The summed E-state index contributed by atoms with van der Waals surface area (Å²) in [5, 5.41) is 4.73. The van der Waals surface area contributed by atoms with Gasteiger partial charge >= 0.3 is 0 Å². The van der Waals surface area contributed by atoms with Crippen molar-refractivity contribution in [3.05, 3.63) is 289 Å². The third-order valence-corrected chi connectivity index (χ3v) is 14.1. The maximum Gasteiger partial charge on any atom is 0.123 e. The average molecular weight is 871 g/mol. The van der Waals surface area contributed by atoms with Gasteiger partial charge < -0.3 is 9.47 Å². The molecule has 0 saturated heterocycles. The van der Waals surface area contributed by atoms with Crippen LogP contribution < -0.4 is 4.90 Å². The van der Waals surface area contributed by atoms with Gasteiger partial charge in [0, 0.05) is 33.2 Å². The lowest BCUT2D eigenvalue weighted by Crippen LogP contribution is -2.28. The van der Waals surface area contributed by atoms with Crippen molar-refractivity contribution in [2.45, 2.75) is 5.41 Å².